The molecular weight excluding hydrogens is 439 g/mol. The van der Waals surface area contributed by atoms with E-state index in [1.54, 1.807) is 42.3 Å². The number of aromatic nitrogens is 3. The summed E-state index contributed by atoms with van der Waals surface area (Å²) in [6.45, 7) is 0.232. The molecular formula is C25H21FN4O4. The lowest BCUT2D eigenvalue weighted by atomic mass is 9.99. The van der Waals surface area contributed by atoms with E-state index in [1.165, 1.54) is 29.2 Å². The molecule has 0 saturated carbocycles. The third-order valence-corrected chi connectivity index (χ3v) is 5.77. The summed E-state index contributed by atoms with van der Waals surface area (Å²) >= 11 is 0. The second-order valence-corrected chi connectivity index (χ2v) is 7.83. The number of hydrogen-bond donors (Lipinski definition) is 1. The minimum absolute atomic E-state index is 0.108. The molecule has 2 heterocycles. The lowest BCUT2D eigenvalue weighted by molar-refractivity contribution is 0.118. The van der Waals surface area contributed by atoms with E-state index in [2.05, 4.69) is 10.3 Å². The van der Waals surface area contributed by atoms with E-state index in [0.29, 0.717) is 5.69 Å². The van der Waals surface area contributed by atoms with Gasteiger partial charge in [-0.05, 0) is 66.2 Å². The van der Waals surface area contributed by atoms with Crippen molar-refractivity contribution in [2.75, 3.05) is 12.0 Å². The Morgan fingerprint density at radius 1 is 1.03 bits per heavy atom. The number of nitrogens with zero attached hydrogens (tertiary/aromatic N) is 4. The molecule has 8 nitrogen and oxygen atoms in total. The number of amides is 1. The molecule has 1 N–H and O–H groups in total. The van der Waals surface area contributed by atoms with Gasteiger partial charge < -0.3 is 14.6 Å². The molecule has 34 heavy (non-hydrogen) atoms. The maximum Gasteiger partial charge on any atom is 0.415 e. The molecule has 1 aliphatic heterocycles. The van der Waals surface area contributed by atoms with E-state index in [1.807, 2.05) is 24.3 Å². The fraction of sp³-hybridized carbons (Fsp3) is 0.160. The van der Waals surface area contributed by atoms with Crippen LogP contribution in [0.1, 0.15) is 11.6 Å². The van der Waals surface area contributed by atoms with Gasteiger partial charge in [0, 0.05) is 11.3 Å². The summed E-state index contributed by atoms with van der Waals surface area (Å²) in [5.74, 6) is 0.438. The predicted molar refractivity (Wildman–Crippen MR) is 122 cm³/mol. The Balaban J connectivity index is 1.50. The monoisotopic (exact) mass is 460 g/mol. The molecule has 0 bridgehead atoms. The number of ether oxygens (including phenoxy) is 2. The minimum Gasteiger partial charge on any atom is -0.508 e. The SMILES string of the molecule is COc1ccc(-c2cnnn2C[C@H]2OC(=O)N(c3ccc(F)cc3)[C@@H]2c2ccc(O)cc2)cc1. The number of carbonyl (C=O) groups excluding carboxylic acids is 1. The molecule has 0 unspecified atom stereocenters. The number of halogens is 1. The Morgan fingerprint density at radius 2 is 1.74 bits per heavy atom. The van der Waals surface area contributed by atoms with Crippen molar-refractivity contribution >= 4 is 11.8 Å². The Morgan fingerprint density at radius 3 is 2.41 bits per heavy atom. The maximum atomic E-state index is 13.5. The molecule has 0 spiro atoms. The second-order valence-electron chi connectivity index (χ2n) is 7.83. The van der Waals surface area contributed by atoms with Gasteiger partial charge in [-0.15, -0.1) is 5.10 Å². The van der Waals surface area contributed by atoms with E-state index in [4.69, 9.17) is 9.47 Å². The summed E-state index contributed by atoms with van der Waals surface area (Å²) in [7, 11) is 1.60. The summed E-state index contributed by atoms with van der Waals surface area (Å²) in [6.07, 6.45) is 0.466. The first kappa shape index (κ1) is 21.4. The number of phenolic OH excluding ortho intramolecular Hbond substituents is 1. The number of aromatic hydroxyl groups is 1. The first-order valence-corrected chi connectivity index (χ1v) is 10.6. The summed E-state index contributed by atoms with van der Waals surface area (Å²) in [5, 5.41) is 18.0. The highest BCUT2D eigenvalue weighted by atomic mass is 19.1. The van der Waals surface area contributed by atoms with Crippen molar-refractivity contribution in [1.29, 1.82) is 0 Å². The first-order valence-electron chi connectivity index (χ1n) is 10.6. The van der Waals surface area contributed by atoms with E-state index in [-0.39, 0.29) is 12.3 Å². The number of carbonyl (C=O) groups is 1. The van der Waals surface area contributed by atoms with Crippen LogP contribution < -0.4 is 9.64 Å². The molecule has 5 rings (SSSR count). The average molecular weight is 460 g/mol. The number of rotatable bonds is 6. The molecule has 0 aliphatic carbocycles. The van der Waals surface area contributed by atoms with Crippen molar-refractivity contribution in [2.24, 2.45) is 0 Å². The van der Waals surface area contributed by atoms with Crippen molar-refractivity contribution in [3.8, 4) is 22.8 Å². The standard InChI is InChI=1S/C25H21FN4O4/c1-33-21-12-4-16(5-13-21)22-14-27-28-29(22)15-23-24(17-2-10-20(31)11-3-17)30(25(32)34-23)19-8-6-18(26)7-9-19/h2-14,23-24,31H,15H2,1H3/t23-,24-/m1/s1. The van der Waals surface area contributed by atoms with Crippen LogP contribution >= 0.6 is 0 Å². The Hall–Kier alpha value is -4.40. The highest BCUT2D eigenvalue weighted by Gasteiger charge is 2.44. The number of cyclic esters (lactones) is 1. The van der Waals surface area contributed by atoms with Crippen molar-refractivity contribution in [3.63, 3.8) is 0 Å². The van der Waals surface area contributed by atoms with Crippen LogP contribution in [0.3, 0.4) is 0 Å². The molecule has 172 valence electrons. The van der Waals surface area contributed by atoms with Gasteiger partial charge in [0.25, 0.3) is 0 Å². The van der Waals surface area contributed by atoms with Gasteiger partial charge in [0.05, 0.1) is 25.5 Å². The number of benzene rings is 3. The van der Waals surface area contributed by atoms with Gasteiger partial charge in [-0.2, -0.15) is 0 Å². The lowest BCUT2D eigenvalue weighted by Crippen LogP contribution is -2.31. The lowest BCUT2D eigenvalue weighted by Gasteiger charge is -2.25. The molecule has 1 saturated heterocycles. The fourth-order valence-electron chi connectivity index (χ4n) is 4.12. The van der Waals surface area contributed by atoms with Gasteiger partial charge in [0.2, 0.25) is 0 Å². The normalized spacial score (nSPS) is 17.6. The third kappa shape index (κ3) is 4.03. The zero-order valence-electron chi connectivity index (χ0n) is 18.2. The third-order valence-electron chi connectivity index (χ3n) is 5.77. The van der Waals surface area contributed by atoms with Crippen molar-refractivity contribution in [1.82, 2.24) is 15.0 Å². The van der Waals surface area contributed by atoms with Crippen LogP contribution in [-0.4, -0.2) is 39.4 Å². The van der Waals surface area contributed by atoms with Crippen LogP contribution in [-0.2, 0) is 11.3 Å². The first-order chi connectivity index (χ1) is 16.5. The second kappa shape index (κ2) is 8.86. The van der Waals surface area contributed by atoms with E-state index in [0.717, 1.165) is 22.6 Å². The average Bonchev–Trinajstić information content (AvgIpc) is 3.44. The Kier molecular flexibility index (Phi) is 5.59. The minimum atomic E-state index is -0.624. The molecule has 1 aromatic heterocycles. The van der Waals surface area contributed by atoms with Crippen molar-refractivity contribution in [3.05, 3.63) is 90.4 Å². The largest absolute Gasteiger partial charge is 0.508 e. The molecule has 0 radical (unpaired) electrons. The predicted octanol–water partition coefficient (Wildman–Crippen LogP) is 4.57. The highest BCUT2D eigenvalue weighted by molar-refractivity contribution is 5.91. The Bertz CT molecular complexity index is 1290. The van der Waals surface area contributed by atoms with Crippen LogP contribution in [0.4, 0.5) is 14.9 Å². The zero-order chi connectivity index (χ0) is 23.7. The number of methoxy groups -OCH3 is 1. The molecule has 1 fully saturated rings. The smallest absolute Gasteiger partial charge is 0.415 e. The van der Waals surface area contributed by atoms with Crippen molar-refractivity contribution < 1.29 is 23.8 Å². The van der Waals surface area contributed by atoms with Gasteiger partial charge in [0.1, 0.15) is 29.5 Å². The molecule has 3 aromatic carbocycles. The van der Waals surface area contributed by atoms with Gasteiger partial charge in [-0.25, -0.2) is 13.9 Å². The van der Waals surface area contributed by atoms with Crippen LogP contribution in [0.15, 0.2) is 79.0 Å². The molecule has 9 heteroatoms. The molecule has 2 atom stereocenters. The number of anilines is 1. The van der Waals surface area contributed by atoms with Crippen molar-refractivity contribution in [2.45, 2.75) is 18.7 Å². The maximum absolute atomic E-state index is 13.5. The highest BCUT2D eigenvalue weighted by Crippen LogP contribution is 2.39. The van der Waals surface area contributed by atoms with E-state index in [9.17, 15) is 14.3 Å². The summed E-state index contributed by atoms with van der Waals surface area (Å²) in [5.41, 5.74) is 2.89. The van der Waals surface area contributed by atoms with Crippen LogP contribution in [0, 0.1) is 5.82 Å². The number of phenols is 1. The number of hydrogen-bond acceptors (Lipinski definition) is 6. The quantitative estimate of drug-likeness (QED) is 0.454. The van der Waals surface area contributed by atoms with Gasteiger partial charge >= 0.3 is 6.09 Å². The summed E-state index contributed by atoms with van der Waals surface area (Å²) in [6, 6.07) is 19.2. The Labute approximate surface area is 194 Å². The topological polar surface area (TPSA) is 89.7 Å². The molecule has 4 aromatic rings. The summed E-state index contributed by atoms with van der Waals surface area (Å²) < 4.78 is 26.2. The van der Waals surface area contributed by atoms with Gasteiger partial charge in [0.15, 0.2) is 0 Å². The molecule has 1 aliphatic rings. The zero-order valence-corrected chi connectivity index (χ0v) is 18.2. The van der Waals surface area contributed by atoms with Crippen LogP contribution in [0.5, 0.6) is 11.5 Å². The molecule has 1 amide bonds. The van der Waals surface area contributed by atoms with E-state index >= 15 is 0 Å². The van der Waals surface area contributed by atoms with Gasteiger partial charge in [-0.3, -0.25) is 4.90 Å². The fourth-order valence-corrected chi connectivity index (χ4v) is 4.12. The van der Waals surface area contributed by atoms with E-state index < -0.39 is 24.1 Å². The summed E-state index contributed by atoms with van der Waals surface area (Å²) in [4.78, 5) is 14.5. The van der Waals surface area contributed by atoms with Gasteiger partial charge in [-0.1, -0.05) is 17.3 Å². The van der Waals surface area contributed by atoms with Crippen LogP contribution in [0.2, 0.25) is 0 Å². The van der Waals surface area contributed by atoms with Crippen LogP contribution in [0.25, 0.3) is 11.3 Å².